The number of anilines is 1. The van der Waals surface area contributed by atoms with Crippen LogP contribution in [0.5, 0.6) is 5.75 Å². The van der Waals surface area contributed by atoms with Crippen molar-refractivity contribution >= 4 is 23.1 Å². The number of fused-ring (bicyclic) bond motifs is 1. The number of hydrogen-bond acceptors (Lipinski definition) is 5. The Morgan fingerprint density at radius 2 is 1.96 bits per heavy atom. The molecule has 3 aromatic rings. The third-order valence-electron chi connectivity index (χ3n) is 3.51. The Kier molecular flexibility index (Phi) is 4.42. The van der Waals surface area contributed by atoms with Gasteiger partial charge in [0.15, 0.2) is 5.65 Å². The van der Waals surface area contributed by atoms with Crippen LogP contribution in [0.2, 0.25) is 5.02 Å². The van der Waals surface area contributed by atoms with E-state index in [1.54, 1.807) is 18.2 Å². The van der Waals surface area contributed by atoms with Crippen molar-refractivity contribution in [2.24, 2.45) is 0 Å². The van der Waals surface area contributed by atoms with Crippen LogP contribution < -0.4 is 10.1 Å². The molecule has 1 aromatic carbocycles. The monoisotopic (exact) mass is 371 g/mol. The van der Waals surface area contributed by atoms with Gasteiger partial charge in [0.2, 0.25) is 0 Å². The molecule has 6 nitrogen and oxygen atoms in total. The Balaban J connectivity index is 1.91. The molecule has 0 spiro atoms. The van der Waals surface area contributed by atoms with E-state index in [9.17, 15) is 13.2 Å². The van der Waals surface area contributed by atoms with Crippen LogP contribution in [0.3, 0.4) is 0 Å². The number of benzene rings is 1. The summed E-state index contributed by atoms with van der Waals surface area (Å²) in [5.41, 5.74) is 0.806. The van der Waals surface area contributed by atoms with E-state index in [-0.39, 0.29) is 17.5 Å². The number of methoxy groups -OCH3 is 1. The van der Waals surface area contributed by atoms with Crippen molar-refractivity contribution in [1.82, 2.24) is 19.8 Å². The number of rotatable bonds is 4. The fourth-order valence-corrected chi connectivity index (χ4v) is 2.53. The Bertz CT molecular complexity index is 912. The Labute approximate surface area is 145 Å². The summed E-state index contributed by atoms with van der Waals surface area (Å²) in [5, 5.41) is 14.1. The molecule has 0 amide bonds. The highest BCUT2D eigenvalue weighted by Crippen LogP contribution is 2.29. The van der Waals surface area contributed by atoms with Crippen molar-refractivity contribution in [3.8, 4) is 5.75 Å². The van der Waals surface area contributed by atoms with E-state index in [1.165, 1.54) is 19.2 Å². The van der Waals surface area contributed by atoms with Gasteiger partial charge in [-0.05, 0) is 42.8 Å². The van der Waals surface area contributed by atoms with E-state index in [1.807, 2.05) is 6.92 Å². The summed E-state index contributed by atoms with van der Waals surface area (Å²) in [6, 6.07) is 7.84. The van der Waals surface area contributed by atoms with Crippen LogP contribution in [-0.2, 0) is 6.18 Å². The normalized spacial score (nSPS) is 13.0. The number of nitrogens with zero attached hydrogens (tertiary/aromatic N) is 4. The maximum Gasteiger partial charge on any atom is 0.453 e. The smallest absolute Gasteiger partial charge is 0.453 e. The quantitative estimate of drug-likeness (QED) is 0.751. The second-order valence-electron chi connectivity index (χ2n) is 5.30. The summed E-state index contributed by atoms with van der Waals surface area (Å²) in [6.07, 6.45) is -4.64. The molecule has 132 valence electrons. The molecule has 1 N–H and O–H groups in total. The van der Waals surface area contributed by atoms with Crippen LogP contribution in [-0.4, -0.2) is 26.9 Å². The van der Waals surface area contributed by atoms with Crippen molar-refractivity contribution in [3.63, 3.8) is 0 Å². The van der Waals surface area contributed by atoms with Crippen molar-refractivity contribution in [2.45, 2.75) is 19.1 Å². The SMILES string of the molecule is COc1cc(Cl)cc([C@@H](C)Nc2ccc3nnc(C(F)(F)F)n3n2)c1. The first kappa shape index (κ1) is 17.3. The fourth-order valence-electron chi connectivity index (χ4n) is 2.30. The van der Waals surface area contributed by atoms with E-state index in [0.717, 1.165) is 5.56 Å². The van der Waals surface area contributed by atoms with Crippen molar-refractivity contribution in [1.29, 1.82) is 0 Å². The fraction of sp³-hybridized carbons (Fsp3) is 0.267. The van der Waals surface area contributed by atoms with E-state index >= 15 is 0 Å². The molecule has 0 unspecified atom stereocenters. The number of alkyl halides is 3. The molecule has 0 aliphatic heterocycles. The summed E-state index contributed by atoms with van der Waals surface area (Å²) in [7, 11) is 1.52. The Morgan fingerprint density at radius 1 is 1.20 bits per heavy atom. The first-order valence-corrected chi connectivity index (χ1v) is 7.56. The summed E-state index contributed by atoms with van der Waals surface area (Å²) in [5.74, 6) is -0.356. The molecule has 3 rings (SSSR count). The molecule has 0 aliphatic rings. The molecule has 0 bridgehead atoms. The van der Waals surface area contributed by atoms with E-state index < -0.39 is 12.0 Å². The molecule has 25 heavy (non-hydrogen) atoms. The molecular weight excluding hydrogens is 359 g/mol. The highest BCUT2D eigenvalue weighted by Gasteiger charge is 2.37. The van der Waals surface area contributed by atoms with Crippen LogP contribution in [0.1, 0.15) is 24.4 Å². The van der Waals surface area contributed by atoms with E-state index in [0.29, 0.717) is 15.3 Å². The number of hydrogen-bond donors (Lipinski definition) is 1. The standard InChI is InChI=1S/C15H13ClF3N5O/c1-8(9-5-10(16)7-11(6-9)25-2)20-12-3-4-13-21-22-14(15(17,18)19)24(13)23-12/h3-8H,1-2H3,(H,20,23)/t8-/m1/s1. The predicted octanol–water partition coefficient (Wildman–Crippen LogP) is 3.98. The second-order valence-corrected chi connectivity index (χ2v) is 5.74. The van der Waals surface area contributed by atoms with Gasteiger partial charge < -0.3 is 10.1 Å². The van der Waals surface area contributed by atoms with Gasteiger partial charge in [0.05, 0.1) is 13.2 Å². The number of aromatic nitrogens is 4. The summed E-state index contributed by atoms with van der Waals surface area (Å²) in [4.78, 5) is 0. The molecule has 0 aliphatic carbocycles. The zero-order chi connectivity index (χ0) is 18.2. The highest BCUT2D eigenvalue weighted by molar-refractivity contribution is 6.30. The van der Waals surface area contributed by atoms with Gasteiger partial charge in [0, 0.05) is 5.02 Å². The lowest BCUT2D eigenvalue weighted by Gasteiger charge is -2.16. The molecular formula is C15H13ClF3N5O. The summed E-state index contributed by atoms with van der Waals surface area (Å²) < 4.78 is 44.6. The van der Waals surface area contributed by atoms with E-state index in [2.05, 4.69) is 20.6 Å². The van der Waals surface area contributed by atoms with Crippen LogP contribution >= 0.6 is 11.6 Å². The zero-order valence-corrected chi connectivity index (χ0v) is 13.9. The van der Waals surface area contributed by atoms with Gasteiger partial charge in [-0.3, -0.25) is 0 Å². The minimum atomic E-state index is -4.64. The summed E-state index contributed by atoms with van der Waals surface area (Å²) >= 11 is 6.04. The molecule has 0 saturated heterocycles. The predicted molar refractivity (Wildman–Crippen MR) is 85.8 cm³/mol. The van der Waals surface area contributed by atoms with Crippen molar-refractivity contribution < 1.29 is 17.9 Å². The minimum Gasteiger partial charge on any atom is -0.497 e. The lowest BCUT2D eigenvalue weighted by molar-refractivity contribution is -0.146. The van der Waals surface area contributed by atoms with Gasteiger partial charge in [0.25, 0.3) is 5.82 Å². The average molecular weight is 372 g/mol. The maximum atomic E-state index is 12.9. The first-order chi connectivity index (χ1) is 11.8. The highest BCUT2D eigenvalue weighted by atomic mass is 35.5. The van der Waals surface area contributed by atoms with Gasteiger partial charge in [-0.15, -0.1) is 15.3 Å². The number of nitrogens with one attached hydrogen (secondary N) is 1. The summed E-state index contributed by atoms with van der Waals surface area (Å²) in [6.45, 7) is 1.83. The molecule has 0 fully saturated rings. The van der Waals surface area contributed by atoms with Gasteiger partial charge in [-0.2, -0.15) is 17.7 Å². The minimum absolute atomic E-state index is 0.00922. The van der Waals surface area contributed by atoms with E-state index in [4.69, 9.17) is 16.3 Å². The first-order valence-electron chi connectivity index (χ1n) is 7.18. The number of halogens is 4. The molecule has 1 atom stereocenters. The van der Waals surface area contributed by atoms with Crippen LogP contribution in [0.25, 0.3) is 5.65 Å². The van der Waals surface area contributed by atoms with Crippen molar-refractivity contribution in [2.75, 3.05) is 12.4 Å². The van der Waals surface area contributed by atoms with Gasteiger partial charge >= 0.3 is 6.18 Å². The van der Waals surface area contributed by atoms with Crippen LogP contribution in [0.15, 0.2) is 30.3 Å². The molecule has 2 aromatic heterocycles. The lowest BCUT2D eigenvalue weighted by Crippen LogP contribution is -2.14. The lowest BCUT2D eigenvalue weighted by atomic mass is 10.1. The van der Waals surface area contributed by atoms with Gasteiger partial charge in [-0.1, -0.05) is 11.6 Å². The zero-order valence-electron chi connectivity index (χ0n) is 13.2. The van der Waals surface area contributed by atoms with Crippen LogP contribution in [0.4, 0.5) is 19.0 Å². The second kappa shape index (κ2) is 6.40. The number of ether oxygens (including phenoxy) is 1. The molecule has 0 radical (unpaired) electrons. The van der Waals surface area contributed by atoms with Gasteiger partial charge in [-0.25, -0.2) is 0 Å². The average Bonchev–Trinajstić information content (AvgIpc) is 2.97. The third-order valence-corrected chi connectivity index (χ3v) is 3.73. The Morgan fingerprint density at radius 3 is 2.64 bits per heavy atom. The topological polar surface area (TPSA) is 64.3 Å². The third kappa shape index (κ3) is 3.60. The van der Waals surface area contributed by atoms with Crippen LogP contribution in [0, 0.1) is 0 Å². The largest absolute Gasteiger partial charge is 0.497 e. The molecule has 0 saturated carbocycles. The Hall–Kier alpha value is -2.55. The molecule has 10 heteroatoms. The van der Waals surface area contributed by atoms with Crippen molar-refractivity contribution in [3.05, 3.63) is 46.7 Å². The maximum absolute atomic E-state index is 12.9. The molecule has 2 heterocycles. The van der Waals surface area contributed by atoms with Gasteiger partial charge in [0.1, 0.15) is 11.6 Å².